The molecule has 5 nitrogen and oxygen atoms in total. The first kappa shape index (κ1) is 49.3. The summed E-state index contributed by atoms with van der Waals surface area (Å²) >= 11 is 0. The molecular weight excluding hydrogens is 1120 g/mol. The summed E-state index contributed by atoms with van der Waals surface area (Å²) < 4.78 is 0. The van der Waals surface area contributed by atoms with Crippen LogP contribution >= 0.6 is 0 Å². The average molecular weight is 1160 g/mol. The molecule has 0 N–H and O–H groups in total. The second-order valence-corrected chi connectivity index (χ2v) is 18.3. The summed E-state index contributed by atoms with van der Waals surface area (Å²) in [5.41, 5.74) is 21.2. The molecule has 0 aliphatic carbocycles. The van der Waals surface area contributed by atoms with Crippen LogP contribution in [0.1, 0.15) is 11.1 Å². The average Bonchev–Trinajstić information content (AvgIpc) is 3.55. The quantitative estimate of drug-likeness (QED) is 0.120. The van der Waals surface area contributed by atoms with Crippen molar-refractivity contribution in [2.45, 2.75) is 0 Å². The Morgan fingerprint density at radius 2 is 0.701 bits per heavy atom. The summed E-state index contributed by atoms with van der Waals surface area (Å²) in [4.78, 5) is 13.8. The molecule has 0 saturated heterocycles. The molecule has 3 heterocycles. The molecule has 12 aromatic rings. The zero-order valence-electron chi connectivity index (χ0n) is 41.3. The van der Waals surface area contributed by atoms with Gasteiger partial charge in [0.15, 0.2) is 0 Å². The van der Waals surface area contributed by atoms with Crippen molar-refractivity contribution in [3.05, 3.63) is 285 Å². The van der Waals surface area contributed by atoms with Crippen molar-refractivity contribution >= 4 is 0 Å². The Hall–Kier alpha value is -9.94. The van der Waals surface area contributed by atoms with E-state index in [-0.39, 0.29) is 20.1 Å². The second kappa shape index (κ2) is 22.3. The number of hydrogen-bond acceptors (Lipinski definition) is 5. The summed E-state index contributed by atoms with van der Waals surface area (Å²) in [6, 6.07) is 95.5. The van der Waals surface area contributed by atoms with Crippen molar-refractivity contribution in [3.8, 4) is 135 Å². The Labute approximate surface area is 462 Å². The minimum Gasteiger partial charge on any atom is -0.305 e. The van der Waals surface area contributed by atoms with Crippen molar-refractivity contribution in [1.29, 1.82) is 10.5 Å². The number of pyridine rings is 3. The Morgan fingerprint density at radius 3 is 1.18 bits per heavy atom. The van der Waals surface area contributed by atoms with Gasteiger partial charge in [0.2, 0.25) is 0 Å². The summed E-state index contributed by atoms with van der Waals surface area (Å²) in [6.45, 7) is 0. The topological polar surface area (TPSA) is 86.2 Å². The molecule has 360 valence electrons. The maximum atomic E-state index is 10.8. The van der Waals surface area contributed by atoms with E-state index in [1.807, 2.05) is 128 Å². The molecule has 0 spiro atoms. The van der Waals surface area contributed by atoms with Gasteiger partial charge >= 0.3 is 20.1 Å². The van der Waals surface area contributed by atoms with Crippen LogP contribution in [0.25, 0.3) is 123 Å². The van der Waals surface area contributed by atoms with Crippen molar-refractivity contribution in [3.63, 3.8) is 0 Å². The Bertz CT molecular complexity index is 3970. The Balaban J connectivity index is 0.00000631. The SMILES string of the molecule is N#Cc1cccc(-c2cc(-c3ccccc3-c3c[c-]c(-c4ccccn4)cc3-c3ccc(-c4ccccc4)cc3)cc(-c3cccc(C#N)c3-c3c[c-]c(-c4ccccn4)cc3)c2)c1-c1c[c-]c(-c2ccccn2)cc1.[Ir+3]. The summed E-state index contributed by atoms with van der Waals surface area (Å²) in [5.74, 6) is 0. The van der Waals surface area contributed by atoms with E-state index < -0.39 is 0 Å². The molecule has 0 fully saturated rings. The number of rotatable bonds is 11. The van der Waals surface area contributed by atoms with Crippen LogP contribution in [-0.2, 0) is 20.1 Å². The van der Waals surface area contributed by atoms with E-state index in [1.54, 1.807) is 12.4 Å². The number of nitrogens with zero attached hydrogens (tertiary/aromatic N) is 5. The maximum Gasteiger partial charge on any atom is 3.00 e. The van der Waals surface area contributed by atoms with Gasteiger partial charge < -0.3 is 15.0 Å². The fourth-order valence-corrected chi connectivity index (χ4v) is 10.1. The van der Waals surface area contributed by atoms with Gasteiger partial charge in [0.25, 0.3) is 0 Å². The molecule has 0 atom stereocenters. The molecule has 3 aromatic heterocycles. The largest absolute Gasteiger partial charge is 3.00 e. The predicted molar refractivity (Wildman–Crippen MR) is 306 cm³/mol. The molecule has 0 aliphatic rings. The Kier molecular flexibility index (Phi) is 14.3. The summed E-state index contributed by atoms with van der Waals surface area (Å²) in [5, 5.41) is 21.6. The van der Waals surface area contributed by atoms with E-state index in [0.29, 0.717) is 11.1 Å². The number of nitriles is 2. The van der Waals surface area contributed by atoms with Crippen LogP contribution in [0.5, 0.6) is 0 Å². The molecule has 0 unspecified atom stereocenters. The van der Waals surface area contributed by atoms with Crippen molar-refractivity contribution < 1.29 is 20.1 Å². The van der Waals surface area contributed by atoms with Crippen molar-refractivity contribution in [2.75, 3.05) is 0 Å². The first-order valence-corrected chi connectivity index (χ1v) is 24.9. The van der Waals surface area contributed by atoms with Crippen LogP contribution in [0.2, 0.25) is 0 Å². The van der Waals surface area contributed by atoms with Crippen LogP contribution in [0.15, 0.2) is 255 Å². The van der Waals surface area contributed by atoms with Crippen molar-refractivity contribution in [2.24, 2.45) is 0 Å². The van der Waals surface area contributed by atoms with E-state index in [9.17, 15) is 10.5 Å². The molecule has 0 aliphatic heterocycles. The normalized spacial score (nSPS) is 10.7. The van der Waals surface area contributed by atoms with E-state index in [4.69, 9.17) is 4.98 Å². The van der Waals surface area contributed by atoms with Crippen LogP contribution in [0, 0.1) is 40.9 Å². The molecule has 12 rings (SSSR count). The fraction of sp³-hybridized carbons (Fsp3) is 0. The monoisotopic (exact) mass is 1160 g/mol. The predicted octanol–water partition coefficient (Wildman–Crippen LogP) is 17.4. The number of hydrogen-bond donors (Lipinski definition) is 0. The summed E-state index contributed by atoms with van der Waals surface area (Å²) in [6.07, 6.45) is 5.36. The molecule has 0 bridgehead atoms. The minimum absolute atomic E-state index is 0. The van der Waals surface area contributed by atoms with Crippen LogP contribution < -0.4 is 0 Å². The van der Waals surface area contributed by atoms with E-state index in [1.165, 1.54) is 0 Å². The molecule has 0 radical (unpaired) electrons. The summed E-state index contributed by atoms with van der Waals surface area (Å²) in [7, 11) is 0. The van der Waals surface area contributed by atoms with Crippen LogP contribution in [0.3, 0.4) is 0 Å². The zero-order valence-corrected chi connectivity index (χ0v) is 43.7. The van der Waals surface area contributed by atoms with E-state index >= 15 is 0 Å². The van der Waals surface area contributed by atoms with Crippen molar-refractivity contribution in [1.82, 2.24) is 15.0 Å². The van der Waals surface area contributed by atoms with Crippen LogP contribution in [0.4, 0.5) is 0 Å². The molecule has 77 heavy (non-hydrogen) atoms. The first-order valence-electron chi connectivity index (χ1n) is 24.9. The van der Waals surface area contributed by atoms with Gasteiger partial charge in [-0.3, -0.25) is 0 Å². The molecule has 6 heteroatoms. The third-order valence-corrected chi connectivity index (χ3v) is 13.7. The number of aromatic nitrogens is 3. The van der Waals surface area contributed by atoms with E-state index in [0.717, 1.165) is 123 Å². The first-order chi connectivity index (χ1) is 37.6. The zero-order chi connectivity index (χ0) is 51.2. The van der Waals surface area contributed by atoms with Gasteiger partial charge in [-0.25, -0.2) is 0 Å². The molecule has 0 saturated carbocycles. The third-order valence-electron chi connectivity index (χ3n) is 13.7. The fourth-order valence-electron chi connectivity index (χ4n) is 10.1. The van der Waals surface area contributed by atoms with Gasteiger partial charge in [0, 0.05) is 18.6 Å². The molecule has 0 amide bonds. The van der Waals surface area contributed by atoms with Gasteiger partial charge in [-0.2, -0.15) is 10.5 Å². The maximum absolute atomic E-state index is 10.8. The second-order valence-electron chi connectivity index (χ2n) is 18.3. The standard InChI is InChI=1S/C71H42N5.Ir/c72-46-56-16-12-20-62(70(56)53-33-29-51(30-34-53)67-22-6-9-39-74-67)59-42-58(43-60(44-59)63-21-13-17-57(47-73)71(63)54-35-31-52(32-36-54)68-23-7-10-40-75-68)61-18-4-5-19-64(61)65-38-37-55(69-24-8-11-41-76-69)45-66(65)50-27-25-49(26-28-50)48-14-2-1-3-15-48;/h1-29,31,33-36,38-45H;/q-3;+3. The third kappa shape index (κ3) is 10.1. The van der Waals surface area contributed by atoms with Gasteiger partial charge in [-0.1, -0.05) is 167 Å². The number of benzene rings is 9. The minimum atomic E-state index is 0. The Morgan fingerprint density at radius 1 is 0.286 bits per heavy atom. The van der Waals surface area contributed by atoms with E-state index in [2.05, 4.69) is 156 Å². The molecular formula is C71H42IrN5. The van der Waals surface area contributed by atoms with Crippen LogP contribution in [-0.4, -0.2) is 15.0 Å². The van der Waals surface area contributed by atoms with Gasteiger partial charge in [-0.15, -0.1) is 83.4 Å². The smallest absolute Gasteiger partial charge is 0.305 e. The van der Waals surface area contributed by atoms with Gasteiger partial charge in [-0.05, 0) is 127 Å². The molecule has 9 aromatic carbocycles. The van der Waals surface area contributed by atoms with Gasteiger partial charge in [0.05, 0.1) is 23.3 Å². The van der Waals surface area contributed by atoms with Gasteiger partial charge in [0.1, 0.15) is 0 Å².